The van der Waals surface area contributed by atoms with Crippen molar-refractivity contribution in [1.82, 2.24) is 0 Å². The van der Waals surface area contributed by atoms with E-state index in [0.717, 1.165) is 15.6 Å². The van der Waals surface area contributed by atoms with Crippen LogP contribution in [0.15, 0.2) is 59.1 Å². The lowest BCUT2D eigenvalue weighted by Gasteiger charge is -2.27. The molecule has 0 bridgehead atoms. The van der Waals surface area contributed by atoms with Crippen LogP contribution in [0.5, 0.6) is 0 Å². The molecule has 3 N–H and O–H groups in total. The lowest BCUT2D eigenvalue weighted by molar-refractivity contribution is -0.0365. The van der Waals surface area contributed by atoms with Crippen LogP contribution in [0.2, 0.25) is 0 Å². The maximum absolute atomic E-state index is 10.5. The quantitative estimate of drug-likeness (QED) is 0.784. The Balaban J connectivity index is 1.89. The maximum atomic E-state index is 10.5. The van der Waals surface area contributed by atoms with E-state index < -0.39 is 11.8 Å². The third-order valence-electron chi connectivity index (χ3n) is 3.37. The Bertz CT molecular complexity index is 555. The van der Waals surface area contributed by atoms with E-state index in [1.165, 1.54) is 0 Å². The molecule has 0 aliphatic carbocycles. The second-order valence-electron chi connectivity index (χ2n) is 5.32. The molecule has 3 nitrogen and oxygen atoms in total. The molecule has 0 aliphatic heterocycles. The SMILES string of the molecule is CC(O)(CC(N)OCc1ccc(Br)cc1)c1ccccc1. The highest BCUT2D eigenvalue weighted by atomic mass is 79.9. The van der Waals surface area contributed by atoms with Gasteiger partial charge in [-0.25, -0.2) is 0 Å². The zero-order valence-corrected chi connectivity index (χ0v) is 13.6. The molecule has 2 rings (SSSR count). The van der Waals surface area contributed by atoms with E-state index >= 15 is 0 Å². The third kappa shape index (κ3) is 4.93. The Labute approximate surface area is 133 Å². The van der Waals surface area contributed by atoms with Gasteiger partial charge in [-0.2, -0.15) is 0 Å². The van der Waals surface area contributed by atoms with Gasteiger partial charge < -0.3 is 15.6 Å². The molecule has 0 radical (unpaired) electrons. The van der Waals surface area contributed by atoms with Gasteiger partial charge in [0.05, 0.1) is 12.2 Å². The van der Waals surface area contributed by atoms with Crippen molar-refractivity contribution in [2.75, 3.05) is 0 Å². The van der Waals surface area contributed by atoms with Crippen molar-refractivity contribution in [3.8, 4) is 0 Å². The monoisotopic (exact) mass is 349 g/mol. The topological polar surface area (TPSA) is 55.5 Å². The summed E-state index contributed by atoms with van der Waals surface area (Å²) in [5.41, 5.74) is 6.87. The van der Waals surface area contributed by atoms with Crippen LogP contribution in [0.4, 0.5) is 0 Å². The Kier molecular flexibility index (Phi) is 5.53. The van der Waals surface area contributed by atoms with Crippen LogP contribution in [-0.4, -0.2) is 11.3 Å². The average Bonchev–Trinajstić information content (AvgIpc) is 2.47. The fourth-order valence-electron chi connectivity index (χ4n) is 2.15. The highest BCUT2D eigenvalue weighted by molar-refractivity contribution is 9.10. The first kappa shape index (κ1) is 16.2. The molecule has 0 aromatic heterocycles. The summed E-state index contributed by atoms with van der Waals surface area (Å²) < 4.78 is 6.66. The molecule has 0 aliphatic rings. The highest BCUT2D eigenvalue weighted by Gasteiger charge is 2.26. The van der Waals surface area contributed by atoms with Crippen molar-refractivity contribution in [1.29, 1.82) is 0 Å². The Morgan fingerprint density at radius 1 is 1.14 bits per heavy atom. The van der Waals surface area contributed by atoms with E-state index in [4.69, 9.17) is 10.5 Å². The molecule has 2 unspecified atom stereocenters. The minimum absolute atomic E-state index is 0.341. The smallest absolute Gasteiger partial charge is 0.109 e. The number of rotatable bonds is 6. The summed E-state index contributed by atoms with van der Waals surface area (Å²) >= 11 is 3.39. The minimum atomic E-state index is -1.000. The first-order chi connectivity index (χ1) is 9.97. The Morgan fingerprint density at radius 3 is 2.38 bits per heavy atom. The number of aliphatic hydroxyl groups is 1. The lowest BCUT2D eigenvalue weighted by atomic mass is 9.92. The number of hydrogen-bond donors (Lipinski definition) is 2. The van der Waals surface area contributed by atoms with E-state index in [2.05, 4.69) is 15.9 Å². The van der Waals surface area contributed by atoms with Crippen molar-refractivity contribution < 1.29 is 9.84 Å². The molecular weight excluding hydrogens is 330 g/mol. The van der Waals surface area contributed by atoms with Crippen molar-refractivity contribution >= 4 is 15.9 Å². The molecule has 0 heterocycles. The summed E-state index contributed by atoms with van der Waals surface area (Å²) in [5, 5.41) is 10.5. The predicted octanol–water partition coefficient (Wildman–Crippen LogP) is 3.55. The fraction of sp³-hybridized carbons (Fsp3) is 0.294. The fourth-order valence-corrected chi connectivity index (χ4v) is 2.41. The second-order valence-corrected chi connectivity index (χ2v) is 6.24. The van der Waals surface area contributed by atoms with Crippen LogP contribution >= 0.6 is 15.9 Å². The average molecular weight is 350 g/mol. The standard InChI is InChI=1S/C17H20BrNO2/c1-17(20,14-5-3-2-4-6-14)11-16(19)21-12-13-7-9-15(18)10-8-13/h2-10,16,20H,11-12,19H2,1H3. The van der Waals surface area contributed by atoms with Crippen LogP contribution in [0, 0.1) is 0 Å². The van der Waals surface area contributed by atoms with Crippen LogP contribution < -0.4 is 5.73 Å². The number of halogens is 1. The summed E-state index contributed by atoms with van der Waals surface area (Å²) in [6.07, 6.45) is -0.183. The molecule has 4 heteroatoms. The van der Waals surface area contributed by atoms with E-state index in [1.54, 1.807) is 6.92 Å². The van der Waals surface area contributed by atoms with Gasteiger partial charge in [0.1, 0.15) is 6.23 Å². The summed E-state index contributed by atoms with van der Waals surface area (Å²) in [7, 11) is 0. The zero-order chi connectivity index (χ0) is 15.3. The summed E-state index contributed by atoms with van der Waals surface area (Å²) in [4.78, 5) is 0. The van der Waals surface area contributed by atoms with Gasteiger partial charge in [-0.05, 0) is 30.2 Å². The van der Waals surface area contributed by atoms with Gasteiger partial charge in [0.15, 0.2) is 0 Å². The Hall–Kier alpha value is -1.20. The predicted molar refractivity (Wildman–Crippen MR) is 87.5 cm³/mol. The summed E-state index contributed by atoms with van der Waals surface area (Å²) in [5.74, 6) is 0. The molecule has 21 heavy (non-hydrogen) atoms. The molecule has 0 saturated carbocycles. The van der Waals surface area contributed by atoms with Crippen LogP contribution in [0.3, 0.4) is 0 Å². The molecule has 0 fully saturated rings. The second kappa shape index (κ2) is 7.18. The van der Waals surface area contributed by atoms with Crippen molar-refractivity contribution in [3.05, 3.63) is 70.2 Å². The summed E-state index contributed by atoms with van der Waals surface area (Å²) in [6, 6.07) is 17.4. The molecule has 0 spiro atoms. The Morgan fingerprint density at radius 2 is 1.76 bits per heavy atom. The van der Waals surface area contributed by atoms with Gasteiger partial charge in [-0.1, -0.05) is 58.4 Å². The van der Waals surface area contributed by atoms with Crippen molar-refractivity contribution in [2.45, 2.75) is 31.8 Å². The van der Waals surface area contributed by atoms with Crippen LogP contribution in [0.1, 0.15) is 24.5 Å². The van der Waals surface area contributed by atoms with Gasteiger partial charge in [-0.3, -0.25) is 0 Å². The highest BCUT2D eigenvalue weighted by Crippen LogP contribution is 2.25. The van der Waals surface area contributed by atoms with Crippen LogP contribution in [-0.2, 0) is 16.9 Å². The maximum Gasteiger partial charge on any atom is 0.109 e. The first-order valence-electron chi connectivity index (χ1n) is 6.87. The molecule has 2 aromatic rings. The molecule has 0 saturated heterocycles. The zero-order valence-electron chi connectivity index (χ0n) is 12.0. The molecule has 2 aromatic carbocycles. The lowest BCUT2D eigenvalue weighted by Crippen LogP contribution is -2.34. The first-order valence-corrected chi connectivity index (χ1v) is 7.66. The summed E-state index contributed by atoms with van der Waals surface area (Å²) in [6.45, 7) is 2.19. The van der Waals surface area contributed by atoms with Gasteiger partial charge in [0.25, 0.3) is 0 Å². The normalized spacial score (nSPS) is 15.4. The van der Waals surface area contributed by atoms with E-state index in [0.29, 0.717) is 13.0 Å². The number of hydrogen-bond acceptors (Lipinski definition) is 3. The van der Waals surface area contributed by atoms with E-state index in [9.17, 15) is 5.11 Å². The van der Waals surface area contributed by atoms with Gasteiger partial charge >= 0.3 is 0 Å². The van der Waals surface area contributed by atoms with Crippen LogP contribution in [0.25, 0.3) is 0 Å². The molecule has 2 atom stereocenters. The van der Waals surface area contributed by atoms with Gasteiger partial charge in [0, 0.05) is 10.9 Å². The van der Waals surface area contributed by atoms with Crippen molar-refractivity contribution in [3.63, 3.8) is 0 Å². The number of benzene rings is 2. The molecule has 112 valence electrons. The number of nitrogens with two attached hydrogens (primary N) is 1. The van der Waals surface area contributed by atoms with E-state index in [-0.39, 0.29) is 0 Å². The minimum Gasteiger partial charge on any atom is -0.385 e. The molecule has 0 amide bonds. The molecular formula is C17H20BrNO2. The number of ether oxygens (including phenoxy) is 1. The van der Waals surface area contributed by atoms with Gasteiger partial charge in [0.2, 0.25) is 0 Å². The van der Waals surface area contributed by atoms with Gasteiger partial charge in [-0.15, -0.1) is 0 Å². The van der Waals surface area contributed by atoms with Crippen molar-refractivity contribution in [2.24, 2.45) is 5.73 Å². The largest absolute Gasteiger partial charge is 0.385 e. The van der Waals surface area contributed by atoms with E-state index in [1.807, 2.05) is 54.6 Å². The third-order valence-corrected chi connectivity index (χ3v) is 3.90.